The van der Waals surface area contributed by atoms with Crippen molar-refractivity contribution in [3.63, 3.8) is 0 Å². The van der Waals surface area contributed by atoms with E-state index < -0.39 is 0 Å². The van der Waals surface area contributed by atoms with Crippen molar-refractivity contribution in [3.05, 3.63) is 11.6 Å². The predicted octanol–water partition coefficient (Wildman–Crippen LogP) is 1.22. The number of aromatic amines is 1. The molecular formula is C10H18N4. The first-order valence-corrected chi connectivity index (χ1v) is 5.52. The van der Waals surface area contributed by atoms with E-state index in [4.69, 9.17) is 0 Å². The van der Waals surface area contributed by atoms with E-state index in [-0.39, 0.29) is 0 Å². The van der Waals surface area contributed by atoms with E-state index in [9.17, 15) is 0 Å². The Labute approximate surface area is 84.5 Å². The Morgan fingerprint density at radius 2 is 2.43 bits per heavy atom. The van der Waals surface area contributed by atoms with Crippen LogP contribution in [0.4, 0.5) is 0 Å². The van der Waals surface area contributed by atoms with E-state index in [2.05, 4.69) is 27.4 Å². The molecule has 0 spiro atoms. The van der Waals surface area contributed by atoms with Gasteiger partial charge in [-0.05, 0) is 25.8 Å². The quantitative estimate of drug-likeness (QED) is 0.760. The lowest BCUT2D eigenvalue weighted by Gasteiger charge is -2.19. The zero-order chi connectivity index (χ0) is 9.80. The molecule has 78 valence electrons. The van der Waals surface area contributed by atoms with Crippen molar-refractivity contribution in [1.82, 2.24) is 20.5 Å². The van der Waals surface area contributed by atoms with Crippen LogP contribution in [-0.4, -0.2) is 28.3 Å². The first-order chi connectivity index (χ1) is 6.90. The lowest BCUT2D eigenvalue weighted by molar-refractivity contribution is 0.447. The lowest BCUT2D eigenvalue weighted by atomic mass is 9.99. The van der Waals surface area contributed by atoms with Crippen LogP contribution in [0.2, 0.25) is 0 Å². The van der Waals surface area contributed by atoms with Crippen molar-refractivity contribution in [2.75, 3.05) is 13.1 Å². The second-order valence-corrected chi connectivity index (χ2v) is 3.93. The minimum Gasteiger partial charge on any atom is -0.316 e. The summed E-state index contributed by atoms with van der Waals surface area (Å²) in [6, 6.07) is 0. The van der Waals surface area contributed by atoms with Crippen LogP contribution in [0, 0.1) is 0 Å². The molecule has 2 rings (SSSR count). The summed E-state index contributed by atoms with van der Waals surface area (Å²) < 4.78 is 0. The van der Waals surface area contributed by atoms with Gasteiger partial charge in [0.25, 0.3) is 0 Å². The molecule has 0 saturated carbocycles. The van der Waals surface area contributed by atoms with Gasteiger partial charge in [-0.3, -0.25) is 5.10 Å². The Kier molecular flexibility index (Phi) is 3.14. The second-order valence-electron chi connectivity index (χ2n) is 3.93. The van der Waals surface area contributed by atoms with Gasteiger partial charge < -0.3 is 5.32 Å². The van der Waals surface area contributed by atoms with Crippen molar-refractivity contribution >= 4 is 0 Å². The van der Waals surface area contributed by atoms with Crippen LogP contribution in [0.25, 0.3) is 0 Å². The number of hydrogen-bond acceptors (Lipinski definition) is 3. The summed E-state index contributed by atoms with van der Waals surface area (Å²) in [5, 5.41) is 10.7. The van der Waals surface area contributed by atoms with Crippen LogP contribution in [0.1, 0.15) is 43.8 Å². The maximum Gasteiger partial charge on any atom is 0.155 e. The maximum absolute atomic E-state index is 4.52. The van der Waals surface area contributed by atoms with Gasteiger partial charge in [-0.2, -0.15) is 5.10 Å². The molecule has 4 nitrogen and oxygen atoms in total. The number of H-pyrrole nitrogens is 1. The molecule has 0 amide bonds. The number of hydrogen-bond donors (Lipinski definition) is 2. The molecule has 0 aliphatic carbocycles. The standard InChI is InChI=1S/C10H18N4/c1-2-4-9-12-10(14-13-9)8-5-3-6-11-7-8/h8,11H,2-7H2,1H3,(H,12,13,14)/t8-/m0/s1. The molecular weight excluding hydrogens is 176 g/mol. The number of nitrogens with zero attached hydrogens (tertiary/aromatic N) is 2. The molecule has 0 unspecified atom stereocenters. The monoisotopic (exact) mass is 194 g/mol. The SMILES string of the molecule is CCCc1nc([C@H]2CCCNC2)n[nH]1. The third kappa shape index (κ3) is 2.12. The highest BCUT2D eigenvalue weighted by Crippen LogP contribution is 2.19. The summed E-state index contributed by atoms with van der Waals surface area (Å²) in [6.07, 6.45) is 4.59. The highest BCUT2D eigenvalue weighted by atomic mass is 15.2. The Hall–Kier alpha value is -0.900. The Morgan fingerprint density at radius 3 is 3.14 bits per heavy atom. The summed E-state index contributed by atoms with van der Waals surface area (Å²) in [5.74, 6) is 2.55. The zero-order valence-electron chi connectivity index (χ0n) is 8.71. The maximum atomic E-state index is 4.52. The van der Waals surface area contributed by atoms with Crippen LogP contribution in [0.15, 0.2) is 0 Å². The molecule has 1 aliphatic rings. The molecule has 1 aromatic heterocycles. The van der Waals surface area contributed by atoms with Gasteiger partial charge in [0.15, 0.2) is 5.82 Å². The molecule has 0 aromatic carbocycles. The predicted molar refractivity (Wildman–Crippen MR) is 55.2 cm³/mol. The van der Waals surface area contributed by atoms with Gasteiger partial charge in [-0.1, -0.05) is 6.92 Å². The fourth-order valence-electron chi connectivity index (χ4n) is 1.91. The number of aromatic nitrogens is 3. The molecule has 0 radical (unpaired) electrons. The molecule has 1 atom stereocenters. The average Bonchev–Trinajstić information content (AvgIpc) is 2.68. The van der Waals surface area contributed by atoms with Gasteiger partial charge in [0, 0.05) is 18.9 Å². The van der Waals surface area contributed by atoms with E-state index in [1.165, 1.54) is 12.8 Å². The van der Waals surface area contributed by atoms with Crippen molar-refractivity contribution in [3.8, 4) is 0 Å². The molecule has 1 aromatic rings. The highest BCUT2D eigenvalue weighted by molar-refractivity contribution is 5.00. The van der Waals surface area contributed by atoms with Crippen molar-refractivity contribution in [2.24, 2.45) is 0 Å². The van der Waals surface area contributed by atoms with Crippen LogP contribution in [-0.2, 0) is 6.42 Å². The van der Waals surface area contributed by atoms with Crippen molar-refractivity contribution in [1.29, 1.82) is 0 Å². The smallest absolute Gasteiger partial charge is 0.155 e. The van der Waals surface area contributed by atoms with Gasteiger partial charge in [-0.25, -0.2) is 4.98 Å². The van der Waals surface area contributed by atoms with E-state index >= 15 is 0 Å². The Morgan fingerprint density at radius 1 is 1.50 bits per heavy atom. The summed E-state index contributed by atoms with van der Waals surface area (Å²) in [4.78, 5) is 4.52. The minimum absolute atomic E-state index is 0.519. The largest absolute Gasteiger partial charge is 0.316 e. The number of rotatable bonds is 3. The molecule has 0 bridgehead atoms. The third-order valence-electron chi connectivity index (χ3n) is 2.70. The molecule has 14 heavy (non-hydrogen) atoms. The number of piperidine rings is 1. The molecule has 1 fully saturated rings. The molecule has 1 aliphatic heterocycles. The van der Waals surface area contributed by atoms with Gasteiger partial charge in [-0.15, -0.1) is 0 Å². The summed E-state index contributed by atoms with van der Waals surface area (Å²) in [5.41, 5.74) is 0. The topological polar surface area (TPSA) is 53.6 Å². The summed E-state index contributed by atoms with van der Waals surface area (Å²) in [7, 11) is 0. The van der Waals surface area contributed by atoms with E-state index in [1.807, 2.05) is 0 Å². The van der Waals surface area contributed by atoms with Crippen LogP contribution >= 0.6 is 0 Å². The zero-order valence-corrected chi connectivity index (χ0v) is 8.71. The van der Waals surface area contributed by atoms with Gasteiger partial charge in [0.05, 0.1) is 0 Å². The molecule has 1 saturated heterocycles. The van der Waals surface area contributed by atoms with E-state index in [1.54, 1.807) is 0 Å². The Balaban J connectivity index is 2.00. The normalized spacial score (nSPS) is 22.5. The number of nitrogens with one attached hydrogen (secondary N) is 2. The molecule has 2 heterocycles. The fourth-order valence-corrected chi connectivity index (χ4v) is 1.91. The van der Waals surface area contributed by atoms with Crippen LogP contribution in [0.3, 0.4) is 0 Å². The number of aryl methyl sites for hydroxylation is 1. The molecule has 2 N–H and O–H groups in total. The Bertz CT molecular complexity index is 275. The minimum atomic E-state index is 0.519. The summed E-state index contributed by atoms with van der Waals surface area (Å²) >= 11 is 0. The van der Waals surface area contributed by atoms with Crippen LogP contribution < -0.4 is 5.32 Å². The van der Waals surface area contributed by atoms with Gasteiger partial charge >= 0.3 is 0 Å². The first kappa shape index (κ1) is 9.65. The first-order valence-electron chi connectivity index (χ1n) is 5.52. The highest BCUT2D eigenvalue weighted by Gasteiger charge is 2.18. The fraction of sp³-hybridized carbons (Fsp3) is 0.800. The van der Waals surface area contributed by atoms with E-state index in [0.717, 1.165) is 37.6 Å². The molecule has 4 heteroatoms. The third-order valence-corrected chi connectivity index (χ3v) is 2.70. The lowest BCUT2D eigenvalue weighted by Crippen LogP contribution is -2.28. The van der Waals surface area contributed by atoms with E-state index in [0.29, 0.717) is 5.92 Å². The average molecular weight is 194 g/mol. The van der Waals surface area contributed by atoms with Crippen molar-refractivity contribution in [2.45, 2.75) is 38.5 Å². The summed E-state index contributed by atoms with van der Waals surface area (Å²) in [6.45, 7) is 4.33. The second kappa shape index (κ2) is 4.55. The van der Waals surface area contributed by atoms with Gasteiger partial charge in [0.2, 0.25) is 0 Å². The van der Waals surface area contributed by atoms with Crippen molar-refractivity contribution < 1.29 is 0 Å². The van der Waals surface area contributed by atoms with Gasteiger partial charge in [0.1, 0.15) is 5.82 Å². The van der Waals surface area contributed by atoms with Crippen LogP contribution in [0.5, 0.6) is 0 Å².